The molecule has 10 heteroatoms. The lowest BCUT2D eigenvalue weighted by Gasteiger charge is -2.37. The van der Waals surface area contributed by atoms with Crippen LogP contribution in [0.3, 0.4) is 0 Å². The number of likely N-dealkylation sites (N-methyl/N-ethyl adjacent to an activating group) is 1. The molecular weight excluding hydrogens is 334 g/mol. The van der Waals surface area contributed by atoms with Crippen molar-refractivity contribution in [3.05, 3.63) is 5.01 Å². The van der Waals surface area contributed by atoms with Crippen molar-refractivity contribution in [1.82, 2.24) is 20.0 Å². The quantitative estimate of drug-likeness (QED) is 0.823. The van der Waals surface area contributed by atoms with Gasteiger partial charge in [-0.2, -0.15) is 0 Å². The second-order valence-electron chi connectivity index (χ2n) is 6.20. The number of methoxy groups -OCH3 is 1. The number of rotatable bonds is 5. The molecule has 9 nitrogen and oxygen atoms in total. The fourth-order valence-corrected chi connectivity index (χ4v) is 3.91. The van der Waals surface area contributed by atoms with Crippen molar-refractivity contribution in [3.63, 3.8) is 0 Å². The maximum atomic E-state index is 12.2. The molecule has 1 atom stereocenters. The van der Waals surface area contributed by atoms with Gasteiger partial charge in [0.2, 0.25) is 11.0 Å². The highest BCUT2D eigenvalue weighted by Gasteiger charge is 2.46. The summed E-state index contributed by atoms with van der Waals surface area (Å²) in [4.78, 5) is 27.5. The number of likely N-dealkylation sites (tertiary alicyclic amines) is 1. The van der Waals surface area contributed by atoms with Crippen LogP contribution in [0.5, 0.6) is 0 Å². The molecule has 2 saturated heterocycles. The number of carbonyl (C=O) groups is 2. The average Bonchev–Trinajstić information content (AvgIpc) is 3.04. The van der Waals surface area contributed by atoms with E-state index in [9.17, 15) is 9.59 Å². The van der Waals surface area contributed by atoms with Gasteiger partial charge in [0.25, 0.3) is 0 Å². The number of hydrogen-bond acceptors (Lipinski definition) is 8. The van der Waals surface area contributed by atoms with Crippen molar-refractivity contribution in [2.45, 2.75) is 25.0 Å². The lowest BCUT2D eigenvalue weighted by atomic mass is 9.93. The van der Waals surface area contributed by atoms with Crippen molar-refractivity contribution in [1.29, 1.82) is 0 Å². The van der Waals surface area contributed by atoms with Gasteiger partial charge in [0.1, 0.15) is 17.2 Å². The van der Waals surface area contributed by atoms with E-state index < -0.39 is 5.60 Å². The molecule has 2 amide bonds. The summed E-state index contributed by atoms with van der Waals surface area (Å²) in [5, 5.41) is 11.8. The molecule has 3 heterocycles. The van der Waals surface area contributed by atoms with Gasteiger partial charge in [0.05, 0.1) is 13.1 Å². The first-order chi connectivity index (χ1) is 11.5. The first-order valence-corrected chi connectivity index (χ1v) is 8.59. The molecule has 1 N–H and O–H groups in total. The van der Waals surface area contributed by atoms with Crippen LogP contribution in [0.25, 0.3) is 0 Å². The molecule has 1 aromatic rings. The van der Waals surface area contributed by atoms with Gasteiger partial charge in [0.15, 0.2) is 0 Å². The monoisotopic (exact) mass is 355 g/mol. The Kier molecular flexibility index (Phi) is 4.97. The average molecular weight is 355 g/mol. The van der Waals surface area contributed by atoms with E-state index in [1.807, 2.05) is 4.90 Å². The van der Waals surface area contributed by atoms with Crippen LogP contribution in [0.15, 0.2) is 0 Å². The van der Waals surface area contributed by atoms with Gasteiger partial charge in [-0.15, -0.1) is 10.2 Å². The molecule has 1 aromatic heterocycles. The summed E-state index contributed by atoms with van der Waals surface area (Å²) in [7, 11) is 3.31. The molecule has 0 unspecified atom stereocenters. The molecule has 0 saturated carbocycles. The summed E-state index contributed by atoms with van der Waals surface area (Å²) in [5.74, 6) is -0.148. The zero-order chi connectivity index (χ0) is 17.2. The Morgan fingerprint density at radius 1 is 1.46 bits per heavy atom. The van der Waals surface area contributed by atoms with Gasteiger partial charge < -0.3 is 14.4 Å². The van der Waals surface area contributed by atoms with Crippen LogP contribution >= 0.6 is 11.3 Å². The number of carbonyl (C=O) groups excluding carboxylic acids is 2. The van der Waals surface area contributed by atoms with E-state index in [0.29, 0.717) is 29.8 Å². The maximum Gasteiger partial charge on any atom is 0.410 e. The van der Waals surface area contributed by atoms with Crippen LogP contribution < -0.4 is 5.32 Å². The van der Waals surface area contributed by atoms with Crippen molar-refractivity contribution < 1.29 is 19.1 Å². The predicted molar refractivity (Wildman–Crippen MR) is 86.8 cm³/mol. The molecule has 0 aliphatic carbocycles. The minimum absolute atomic E-state index is 0.148. The maximum absolute atomic E-state index is 12.2. The zero-order valence-corrected chi connectivity index (χ0v) is 14.6. The molecule has 0 aromatic carbocycles. The molecular formula is C14H21N5O4S. The van der Waals surface area contributed by atoms with Gasteiger partial charge >= 0.3 is 6.09 Å². The van der Waals surface area contributed by atoms with E-state index in [1.165, 1.54) is 11.3 Å². The van der Waals surface area contributed by atoms with E-state index in [-0.39, 0.29) is 18.5 Å². The second kappa shape index (κ2) is 6.99. The van der Waals surface area contributed by atoms with Gasteiger partial charge in [-0.05, 0) is 19.4 Å². The number of hydrogen-bond donors (Lipinski definition) is 1. The summed E-state index contributed by atoms with van der Waals surface area (Å²) in [6, 6.07) is 0. The number of ether oxygens (including phenoxy) is 2. The van der Waals surface area contributed by atoms with E-state index in [4.69, 9.17) is 9.47 Å². The fourth-order valence-electron chi connectivity index (χ4n) is 3.18. The van der Waals surface area contributed by atoms with Crippen LogP contribution in [0, 0.1) is 0 Å². The lowest BCUT2D eigenvalue weighted by Crippen LogP contribution is -2.52. The van der Waals surface area contributed by atoms with Crippen molar-refractivity contribution in [3.8, 4) is 0 Å². The number of aromatic nitrogens is 2. The third-order valence-electron chi connectivity index (χ3n) is 4.11. The van der Waals surface area contributed by atoms with Gasteiger partial charge in [-0.3, -0.25) is 15.0 Å². The Morgan fingerprint density at radius 2 is 2.29 bits per heavy atom. The molecule has 1 spiro atoms. The van der Waals surface area contributed by atoms with Crippen LogP contribution in [0.2, 0.25) is 0 Å². The molecule has 24 heavy (non-hydrogen) atoms. The normalized spacial score (nSPS) is 24.4. The van der Waals surface area contributed by atoms with Crippen molar-refractivity contribution in [2.75, 3.05) is 45.7 Å². The third-order valence-corrected chi connectivity index (χ3v) is 4.92. The van der Waals surface area contributed by atoms with Crippen LogP contribution in [-0.2, 0) is 20.9 Å². The molecule has 2 fully saturated rings. The van der Waals surface area contributed by atoms with Gasteiger partial charge in [-0.1, -0.05) is 11.3 Å². The van der Waals surface area contributed by atoms with Gasteiger partial charge in [-0.25, -0.2) is 4.79 Å². The summed E-state index contributed by atoms with van der Waals surface area (Å²) in [6.45, 7) is 2.56. The molecule has 2 aliphatic heterocycles. The SMILES string of the molecule is COCc1nnc(NC(=O)CN2CCC[C@]3(C2)CN(C)C(=O)O3)s1. The number of anilines is 1. The highest BCUT2D eigenvalue weighted by atomic mass is 32.1. The zero-order valence-electron chi connectivity index (χ0n) is 13.8. The highest BCUT2D eigenvalue weighted by molar-refractivity contribution is 7.15. The fraction of sp³-hybridized carbons (Fsp3) is 0.714. The smallest absolute Gasteiger partial charge is 0.410 e. The molecule has 0 bridgehead atoms. The summed E-state index contributed by atoms with van der Waals surface area (Å²) in [5.41, 5.74) is -0.487. The molecule has 132 valence electrons. The standard InChI is InChI=1S/C14H21N5O4S/c1-18-8-14(23-13(18)21)4-3-5-19(9-14)6-10(20)15-12-17-16-11(24-12)7-22-2/h3-9H2,1-2H3,(H,15,17,20)/t14-/m1/s1. The van der Waals surface area contributed by atoms with Crippen LogP contribution in [-0.4, -0.2) is 77.9 Å². The third kappa shape index (κ3) is 3.82. The van der Waals surface area contributed by atoms with E-state index >= 15 is 0 Å². The molecule has 0 radical (unpaired) electrons. The summed E-state index contributed by atoms with van der Waals surface area (Å²) >= 11 is 1.29. The van der Waals surface area contributed by atoms with Crippen molar-refractivity contribution in [2.24, 2.45) is 0 Å². The number of piperidine rings is 1. The first kappa shape index (κ1) is 17.1. The number of nitrogens with one attached hydrogen (secondary N) is 1. The molecule has 2 aliphatic rings. The Labute approximate surface area is 143 Å². The summed E-state index contributed by atoms with van der Waals surface area (Å²) in [6.07, 6.45) is 1.43. The van der Waals surface area contributed by atoms with Crippen molar-refractivity contribution >= 4 is 28.5 Å². The Hall–Kier alpha value is -1.78. The Bertz CT molecular complexity index is 624. The first-order valence-electron chi connectivity index (χ1n) is 7.77. The minimum Gasteiger partial charge on any atom is -0.440 e. The number of nitrogens with zero attached hydrogens (tertiary/aromatic N) is 4. The topological polar surface area (TPSA) is 96.9 Å². The molecule has 3 rings (SSSR count). The van der Waals surface area contributed by atoms with Crippen LogP contribution in [0.4, 0.5) is 9.93 Å². The number of amides is 2. The second-order valence-corrected chi connectivity index (χ2v) is 7.27. The Morgan fingerprint density at radius 3 is 3.00 bits per heavy atom. The van der Waals surface area contributed by atoms with E-state index in [1.54, 1.807) is 19.1 Å². The summed E-state index contributed by atoms with van der Waals surface area (Å²) < 4.78 is 10.5. The van der Waals surface area contributed by atoms with E-state index in [2.05, 4.69) is 15.5 Å². The Balaban J connectivity index is 1.53. The van der Waals surface area contributed by atoms with E-state index in [0.717, 1.165) is 19.4 Å². The highest BCUT2D eigenvalue weighted by Crippen LogP contribution is 2.31. The van der Waals surface area contributed by atoms with Gasteiger partial charge in [0, 0.05) is 20.7 Å². The largest absolute Gasteiger partial charge is 0.440 e. The van der Waals surface area contributed by atoms with Crippen LogP contribution in [0.1, 0.15) is 17.8 Å². The lowest BCUT2D eigenvalue weighted by molar-refractivity contribution is -0.118. The predicted octanol–water partition coefficient (Wildman–Crippen LogP) is 0.540. The minimum atomic E-state index is -0.487.